The van der Waals surface area contributed by atoms with E-state index in [1.165, 1.54) is 5.56 Å². The number of hydrogen-bond donors (Lipinski definition) is 2. The van der Waals surface area contributed by atoms with E-state index in [9.17, 15) is 0 Å². The summed E-state index contributed by atoms with van der Waals surface area (Å²) in [4.78, 5) is 2.46. The third kappa shape index (κ3) is 2.90. The number of nitrogen functional groups attached to an aromatic ring is 1. The molecule has 0 bridgehead atoms. The number of H-pyrrole nitrogens is 1. The summed E-state index contributed by atoms with van der Waals surface area (Å²) < 4.78 is 0. The first-order valence-corrected chi connectivity index (χ1v) is 6.61. The van der Waals surface area contributed by atoms with Gasteiger partial charge in [-0.1, -0.05) is 17.3 Å². The molecule has 0 spiro atoms. The quantitative estimate of drug-likeness (QED) is 0.807. The third-order valence-electron chi connectivity index (χ3n) is 3.70. The smallest absolute Gasteiger partial charge is 0.177 e. The van der Waals surface area contributed by atoms with E-state index in [4.69, 9.17) is 5.73 Å². The van der Waals surface area contributed by atoms with Crippen LogP contribution in [0.4, 0.5) is 5.69 Å². The summed E-state index contributed by atoms with van der Waals surface area (Å²) in [7, 11) is 0. The van der Waals surface area contributed by atoms with Gasteiger partial charge in [0.05, 0.1) is 0 Å². The molecule has 3 rings (SSSR count). The predicted octanol–water partition coefficient (Wildman–Crippen LogP) is 1.16. The molecule has 6 nitrogen and oxygen atoms in total. The minimum absolute atomic E-state index is 0.446. The van der Waals surface area contributed by atoms with E-state index in [1.54, 1.807) is 0 Å². The molecule has 1 fully saturated rings. The molecule has 2 aromatic rings. The second-order valence-corrected chi connectivity index (χ2v) is 5.06. The molecule has 0 saturated carbocycles. The Kier molecular flexibility index (Phi) is 3.41. The van der Waals surface area contributed by atoms with Crippen LogP contribution in [0.3, 0.4) is 0 Å². The number of aromatic nitrogens is 4. The predicted molar refractivity (Wildman–Crippen MR) is 72.3 cm³/mol. The molecule has 1 aliphatic heterocycles. The van der Waals surface area contributed by atoms with Crippen LogP contribution in [0.2, 0.25) is 0 Å². The molecule has 6 heteroatoms. The van der Waals surface area contributed by atoms with E-state index in [1.807, 2.05) is 12.1 Å². The van der Waals surface area contributed by atoms with Crippen molar-refractivity contribution >= 4 is 5.69 Å². The molecule has 1 saturated heterocycles. The lowest BCUT2D eigenvalue weighted by molar-refractivity contribution is 0.201. The standard InChI is InChI=1S/C13H18N6/c14-12-3-1-10(2-4-12)9-19-7-5-11(6-8-19)13-15-17-18-16-13/h1-4,11H,5-9,14H2,(H,15,16,17,18). The molecule has 100 valence electrons. The van der Waals surface area contributed by atoms with E-state index in [2.05, 4.69) is 37.7 Å². The van der Waals surface area contributed by atoms with Gasteiger partial charge in [-0.15, -0.1) is 10.2 Å². The third-order valence-corrected chi connectivity index (χ3v) is 3.70. The summed E-state index contributed by atoms with van der Waals surface area (Å²) in [5.74, 6) is 1.30. The number of tetrazole rings is 1. The van der Waals surface area contributed by atoms with Crippen molar-refractivity contribution in [1.29, 1.82) is 0 Å². The molecule has 1 aliphatic rings. The average molecular weight is 258 g/mol. The van der Waals surface area contributed by atoms with E-state index < -0.39 is 0 Å². The molecule has 0 amide bonds. The monoisotopic (exact) mass is 258 g/mol. The molecule has 0 atom stereocenters. The molecule has 3 N–H and O–H groups in total. The normalized spacial score (nSPS) is 17.7. The number of piperidine rings is 1. The van der Waals surface area contributed by atoms with E-state index >= 15 is 0 Å². The Morgan fingerprint density at radius 3 is 2.58 bits per heavy atom. The van der Waals surface area contributed by atoms with E-state index in [0.29, 0.717) is 5.92 Å². The SMILES string of the molecule is Nc1ccc(CN2CCC(c3nn[nH]n3)CC2)cc1. The maximum atomic E-state index is 5.70. The number of anilines is 1. The topological polar surface area (TPSA) is 83.7 Å². The Balaban J connectivity index is 1.54. The highest BCUT2D eigenvalue weighted by Crippen LogP contribution is 2.25. The fourth-order valence-electron chi connectivity index (χ4n) is 2.57. The highest BCUT2D eigenvalue weighted by Gasteiger charge is 2.23. The highest BCUT2D eigenvalue weighted by atomic mass is 15.5. The Morgan fingerprint density at radius 2 is 1.95 bits per heavy atom. The largest absolute Gasteiger partial charge is 0.399 e. The minimum Gasteiger partial charge on any atom is -0.399 e. The van der Waals surface area contributed by atoms with Gasteiger partial charge >= 0.3 is 0 Å². The molecule has 1 aromatic carbocycles. The fourth-order valence-corrected chi connectivity index (χ4v) is 2.57. The van der Waals surface area contributed by atoms with Crippen LogP contribution in [-0.2, 0) is 6.54 Å². The summed E-state index contributed by atoms with van der Waals surface area (Å²) in [5.41, 5.74) is 7.83. The zero-order chi connectivity index (χ0) is 13.1. The Hall–Kier alpha value is -1.95. The maximum Gasteiger partial charge on any atom is 0.177 e. The van der Waals surface area contributed by atoms with Gasteiger partial charge in [0.25, 0.3) is 0 Å². The van der Waals surface area contributed by atoms with Crippen molar-refractivity contribution in [2.75, 3.05) is 18.8 Å². The van der Waals surface area contributed by atoms with Crippen LogP contribution in [0.1, 0.15) is 30.1 Å². The summed E-state index contributed by atoms with van der Waals surface area (Å²) >= 11 is 0. The molecule has 0 unspecified atom stereocenters. The van der Waals surface area contributed by atoms with Crippen LogP contribution in [-0.4, -0.2) is 38.6 Å². The second kappa shape index (κ2) is 5.36. The molecular formula is C13H18N6. The molecule has 19 heavy (non-hydrogen) atoms. The first-order chi connectivity index (χ1) is 9.31. The van der Waals surface area contributed by atoms with Crippen LogP contribution >= 0.6 is 0 Å². The number of rotatable bonds is 3. The molecular weight excluding hydrogens is 240 g/mol. The lowest BCUT2D eigenvalue weighted by Crippen LogP contribution is -2.32. The highest BCUT2D eigenvalue weighted by molar-refractivity contribution is 5.39. The van der Waals surface area contributed by atoms with Crippen molar-refractivity contribution in [2.24, 2.45) is 0 Å². The van der Waals surface area contributed by atoms with Gasteiger partial charge in [0.1, 0.15) is 0 Å². The van der Waals surface area contributed by atoms with Crippen molar-refractivity contribution in [3.8, 4) is 0 Å². The van der Waals surface area contributed by atoms with Crippen molar-refractivity contribution in [1.82, 2.24) is 25.5 Å². The average Bonchev–Trinajstić information content (AvgIpc) is 2.96. The number of hydrogen-bond acceptors (Lipinski definition) is 5. The number of likely N-dealkylation sites (tertiary alicyclic amines) is 1. The lowest BCUT2D eigenvalue weighted by atomic mass is 9.96. The summed E-state index contributed by atoms with van der Waals surface area (Å²) in [6, 6.07) is 8.12. The van der Waals surface area contributed by atoms with Gasteiger partial charge in [0.2, 0.25) is 0 Å². The summed E-state index contributed by atoms with van der Waals surface area (Å²) in [6.07, 6.45) is 2.18. The van der Waals surface area contributed by atoms with Crippen LogP contribution < -0.4 is 5.73 Å². The zero-order valence-electron chi connectivity index (χ0n) is 10.8. The van der Waals surface area contributed by atoms with Gasteiger partial charge in [-0.05, 0) is 43.6 Å². The van der Waals surface area contributed by atoms with Crippen molar-refractivity contribution in [3.63, 3.8) is 0 Å². The molecule has 0 radical (unpaired) electrons. The number of nitrogens with one attached hydrogen (secondary N) is 1. The fraction of sp³-hybridized carbons (Fsp3) is 0.462. The minimum atomic E-state index is 0.446. The summed E-state index contributed by atoms with van der Waals surface area (Å²) in [6.45, 7) is 3.13. The Bertz CT molecular complexity index is 498. The van der Waals surface area contributed by atoms with Gasteiger partial charge in [-0.3, -0.25) is 4.90 Å². The summed E-state index contributed by atoms with van der Waals surface area (Å²) in [5, 5.41) is 14.3. The molecule has 0 aliphatic carbocycles. The first kappa shape index (κ1) is 12.1. The molecule has 1 aromatic heterocycles. The Labute approximate surface area is 112 Å². The van der Waals surface area contributed by atoms with Gasteiger partial charge in [0.15, 0.2) is 5.82 Å². The van der Waals surface area contributed by atoms with Crippen LogP contribution in [0.25, 0.3) is 0 Å². The lowest BCUT2D eigenvalue weighted by Gasteiger charge is -2.30. The number of nitrogens with zero attached hydrogens (tertiary/aromatic N) is 4. The van der Waals surface area contributed by atoms with Crippen LogP contribution in [0.15, 0.2) is 24.3 Å². The number of benzene rings is 1. The molecule has 2 heterocycles. The van der Waals surface area contributed by atoms with Crippen LogP contribution in [0, 0.1) is 0 Å². The zero-order valence-corrected chi connectivity index (χ0v) is 10.8. The Morgan fingerprint density at radius 1 is 1.21 bits per heavy atom. The number of nitrogens with two attached hydrogens (primary N) is 1. The van der Waals surface area contributed by atoms with Gasteiger partial charge in [-0.2, -0.15) is 5.21 Å². The van der Waals surface area contributed by atoms with Gasteiger partial charge in [0, 0.05) is 18.2 Å². The van der Waals surface area contributed by atoms with E-state index in [0.717, 1.165) is 44.0 Å². The van der Waals surface area contributed by atoms with Gasteiger partial charge in [-0.25, -0.2) is 0 Å². The van der Waals surface area contributed by atoms with Gasteiger partial charge < -0.3 is 5.73 Å². The van der Waals surface area contributed by atoms with E-state index in [-0.39, 0.29) is 0 Å². The maximum absolute atomic E-state index is 5.70. The van der Waals surface area contributed by atoms with Crippen molar-refractivity contribution in [3.05, 3.63) is 35.7 Å². The van der Waals surface area contributed by atoms with Crippen molar-refractivity contribution in [2.45, 2.75) is 25.3 Å². The first-order valence-electron chi connectivity index (χ1n) is 6.61. The van der Waals surface area contributed by atoms with Crippen molar-refractivity contribution < 1.29 is 0 Å². The second-order valence-electron chi connectivity index (χ2n) is 5.06. The van der Waals surface area contributed by atoms with Crippen LogP contribution in [0.5, 0.6) is 0 Å². The number of aromatic amines is 1.